The van der Waals surface area contributed by atoms with Gasteiger partial charge >= 0.3 is 0 Å². The first-order chi connectivity index (χ1) is 11.8. The van der Waals surface area contributed by atoms with E-state index in [-0.39, 0.29) is 22.2 Å². The van der Waals surface area contributed by atoms with Crippen LogP contribution in [0.3, 0.4) is 0 Å². The van der Waals surface area contributed by atoms with Gasteiger partial charge in [-0.1, -0.05) is 18.5 Å². The van der Waals surface area contributed by atoms with Crippen LogP contribution in [-0.4, -0.2) is 58.3 Å². The molecule has 2 N–H and O–H groups in total. The summed E-state index contributed by atoms with van der Waals surface area (Å²) in [4.78, 5) is 15.0. The van der Waals surface area contributed by atoms with Crippen molar-refractivity contribution in [3.05, 3.63) is 22.7 Å². The van der Waals surface area contributed by atoms with Gasteiger partial charge in [-0.15, -0.1) is 0 Å². The normalized spacial score (nSPS) is 18.2. The lowest BCUT2D eigenvalue weighted by Gasteiger charge is -2.23. The predicted octanol–water partition coefficient (Wildman–Crippen LogP) is 1.93. The molecular formula is C16H24ClN3O4S. The van der Waals surface area contributed by atoms with Crippen LogP contribution in [0.5, 0.6) is 5.75 Å². The molecule has 0 spiro atoms. The summed E-state index contributed by atoms with van der Waals surface area (Å²) >= 11 is 6.27. The second-order valence-electron chi connectivity index (χ2n) is 6.01. The van der Waals surface area contributed by atoms with Gasteiger partial charge in [-0.05, 0) is 38.1 Å². The van der Waals surface area contributed by atoms with Crippen molar-refractivity contribution in [1.82, 2.24) is 10.2 Å². The van der Waals surface area contributed by atoms with Gasteiger partial charge in [-0.2, -0.15) is 0 Å². The average Bonchev–Trinajstić information content (AvgIpc) is 3.00. The molecule has 0 bridgehead atoms. The van der Waals surface area contributed by atoms with Crippen LogP contribution >= 0.6 is 11.6 Å². The quantitative estimate of drug-likeness (QED) is 0.744. The van der Waals surface area contributed by atoms with E-state index in [1.54, 1.807) is 0 Å². The maximum atomic E-state index is 12.6. The minimum absolute atomic E-state index is 0.0149. The highest BCUT2D eigenvalue weighted by molar-refractivity contribution is 7.92. The molecule has 25 heavy (non-hydrogen) atoms. The van der Waals surface area contributed by atoms with Crippen molar-refractivity contribution in [3.8, 4) is 5.75 Å². The number of amides is 1. The van der Waals surface area contributed by atoms with Crippen molar-refractivity contribution in [2.75, 3.05) is 37.7 Å². The number of carbonyl (C=O) groups excluding carboxylic acids is 1. The van der Waals surface area contributed by atoms with Crippen molar-refractivity contribution >= 4 is 33.2 Å². The van der Waals surface area contributed by atoms with Gasteiger partial charge in [-0.3, -0.25) is 14.4 Å². The molecule has 1 aromatic carbocycles. The summed E-state index contributed by atoms with van der Waals surface area (Å²) in [6.45, 7) is 4.59. The number of likely N-dealkylation sites (tertiary alicyclic amines) is 1. The number of carbonyl (C=O) groups is 1. The van der Waals surface area contributed by atoms with Crippen molar-refractivity contribution in [2.45, 2.75) is 25.8 Å². The summed E-state index contributed by atoms with van der Waals surface area (Å²) in [5.74, 6) is -0.0951. The van der Waals surface area contributed by atoms with Crippen LogP contribution in [0.4, 0.5) is 5.69 Å². The highest BCUT2D eigenvalue weighted by atomic mass is 35.5. The Morgan fingerprint density at radius 2 is 2.16 bits per heavy atom. The molecule has 7 nitrogen and oxygen atoms in total. The Labute approximate surface area is 153 Å². The summed E-state index contributed by atoms with van der Waals surface area (Å²) < 4.78 is 30.4. The molecular weight excluding hydrogens is 366 g/mol. The third kappa shape index (κ3) is 4.99. The molecule has 1 aliphatic rings. The number of methoxy groups -OCH3 is 1. The smallest absolute Gasteiger partial charge is 0.256 e. The lowest BCUT2D eigenvalue weighted by molar-refractivity contribution is 0.0938. The molecule has 9 heteroatoms. The topological polar surface area (TPSA) is 87.7 Å². The molecule has 1 aromatic rings. The summed E-state index contributed by atoms with van der Waals surface area (Å²) in [6, 6.07) is 3.29. The molecule has 0 radical (unpaired) electrons. The number of rotatable bonds is 7. The Balaban J connectivity index is 2.20. The zero-order chi connectivity index (χ0) is 18.6. The number of anilines is 1. The first-order valence-electron chi connectivity index (χ1n) is 8.13. The van der Waals surface area contributed by atoms with Crippen molar-refractivity contribution in [2.24, 2.45) is 0 Å². The third-order valence-electron chi connectivity index (χ3n) is 4.25. The molecule has 1 atom stereocenters. The molecule has 1 heterocycles. The van der Waals surface area contributed by atoms with Crippen LogP contribution in [0.2, 0.25) is 5.02 Å². The van der Waals surface area contributed by atoms with Gasteiger partial charge in [0.15, 0.2) is 0 Å². The number of hydrogen-bond donors (Lipinski definition) is 2. The SMILES string of the molecule is CCN1CCCC1CNC(=O)c1c(OC)ccc(NS(C)(=O)=O)c1Cl. The second kappa shape index (κ2) is 8.25. The minimum Gasteiger partial charge on any atom is -0.496 e. The summed E-state index contributed by atoms with van der Waals surface area (Å²) in [6.07, 6.45) is 3.17. The molecule has 0 aliphatic carbocycles. The maximum absolute atomic E-state index is 12.6. The molecule has 2 rings (SSSR count). The Morgan fingerprint density at radius 3 is 2.76 bits per heavy atom. The lowest BCUT2D eigenvalue weighted by Crippen LogP contribution is -2.40. The van der Waals surface area contributed by atoms with E-state index in [1.165, 1.54) is 19.2 Å². The number of nitrogens with zero attached hydrogens (tertiary/aromatic N) is 1. The highest BCUT2D eigenvalue weighted by Crippen LogP contribution is 2.33. The monoisotopic (exact) mass is 389 g/mol. The molecule has 1 aliphatic heterocycles. The highest BCUT2D eigenvalue weighted by Gasteiger charge is 2.25. The number of likely N-dealkylation sites (N-methyl/N-ethyl adjacent to an activating group) is 1. The van der Waals surface area contributed by atoms with E-state index in [9.17, 15) is 13.2 Å². The Bertz CT molecular complexity index is 739. The van der Waals surface area contributed by atoms with Gasteiger partial charge in [0.05, 0.1) is 24.1 Å². The average molecular weight is 390 g/mol. The van der Waals surface area contributed by atoms with Crippen molar-refractivity contribution < 1.29 is 17.9 Å². The van der Waals surface area contributed by atoms with Gasteiger partial charge in [0.2, 0.25) is 10.0 Å². The Kier molecular flexibility index (Phi) is 6.53. The van der Waals surface area contributed by atoms with Gasteiger partial charge in [0.25, 0.3) is 5.91 Å². The fourth-order valence-electron chi connectivity index (χ4n) is 3.06. The Morgan fingerprint density at radius 1 is 1.44 bits per heavy atom. The molecule has 1 saturated heterocycles. The molecule has 140 valence electrons. The standard InChI is InChI=1S/C16H24ClN3O4S/c1-4-20-9-5-6-11(20)10-18-16(21)14-13(24-2)8-7-12(15(14)17)19-25(3,22)23/h7-8,11,19H,4-6,9-10H2,1-3H3,(H,18,21). The van der Waals surface area contributed by atoms with Gasteiger partial charge < -0.3 is 10.1 Å². The van der Waals surface area contributed by atoms with Crippen molar-refractivity contribution in [3.63, 3.8) is 0 Å². The van der Waals surface area contributed by atoms with E-state index in [4.69, 9.17) is 16.3 Å². The number of hydrogen-bond acceptors (Lipinski definition) is 5. The molecule has 1 unspecified atom stereocenters. The third-order valence-corrected chi connectivity index (χ3v) is 5.23. The molecule has 0 aromatic heterocycles. The molecule has 1 fully saturated rings. The lowest BCUT2D eigenvalue weighted by atomic mass is 10.1. The zero-order valence-electron chi connectivity index (χ0n) is 14.6. The van der Waals surface area contributed by atoms with Crippen LogP contribution < -0.4 is 14.8 Å². The molecule has 0 saturated carbocycles. The van der Waals surface area contributed by atoms with E-state index < -0.39 is 10.0 Å². The fraction of sp³-hybridized carbons (Fsp3) is 0.562. The fourth-order valence-corrected chi connectivity index (χ4v) is 3.97. The van der Waals surface area contributed by atoms with E-state index in [2.05, 4.69) is 21.9 Å². The minimum atomic E-state index is -3.51. The Hall–Kier alpha value is -1.51. The summed E-state index contributed by atoms with van der Waals surface area (Å²) in [5.41, 5.74) is 0.269. The largest absolute Gasteiger partial charge is 0.496 e. The van der Waals surface area contributed by atoms with E-state index in [0.717, 1.165) is 32.2 Å². The van der Waals surface area contributed by atoms with Crippen LogP contribution in [0.1, 0.15) is 30.1 Å². The number of sulfonamides is 1. The van der Waals surface area contributed by atoms with Crippen molar-refractivity contribution in [1.29, 1.82) is 0 Å². The molecule has 1 amide bonds. The van der Waals surface area contributed by atoms with Gasteiger partial charge in [-0.25, -0.2) is 8.42 Å². The van der Waals surface area contributed by atoms with Crippen LogP contribution in [0.15, 0.2) is 12.1 Å². The van der Waals surface area contributed by atoms with E-state index in [1.807, 2.05) is 0 Å². The number of nitrogens with one attached hydrogen (secondary N) is 2. The van der Waals surface area contributed by atoms with E-state index >= 15 is 0 Å². The van der Waals surface area contributed by atoms with Gasteiger partial charge in [0.1, 0.15) is 11.3 Å². The van der Waals surface area contributed by atoms with Crippen LogP contribution in [-0.2, 0) is 10.0 Å². The summed E-state index contributed by atoms with van der Waals surface area (Å²) in [7, 11) is -2.08. The number of benzene rings is 1. The number of halogens is 1. The van der Waals surface area contributed by atoms with Gasteiger partial charge in [0, 0.05) is 12.6 Å². The van der Waals surface area contributed by atoms with E-state index in [0.29, 0.717) is 18.3 Å². The summed E-state index contributed by atoms with van der Waals surface area (Å²) in [5, 5.41) is 2.90. The first-order valence-corrected chi connectivity index (χ1v) is 10.4. The zero-order valence-corrected chi connectivity index (χ0v) is 16.2. The maximum Gasteiger partial charge on any atom is 0.256 e. The predicted molar refractivity (Wildman–Crippen MR) is 99.1 cm³/mol. The van der Waals surface area contributed by atoms with Crippen LogP contribution in [0, 0.1) is 0 Å². The first kappa shape index (κ1) is 19.8. The van der Waals surface area contributed by atoms with Crippen LogP contribution in [0.25, 0.3) is 0 Å². The number of ether oxygens (including phenoxy) is 1. The second-order valence-corrected chi connectivity index (χ2v) is 8.14.